The van der Waals surface area contributed by atoms with Crippen LogP contribution in [0.4, 0.5) is 5.69 Å². The molecule has 0 aliphatic rings. The van der Waals surface area contributed by atoms with Crippen molar-refractivity contribution in [2.45, 2.75) is 6.61 Å². The molecule has 4 heteroatoms. The zero-order valence-corrected chi connectivity index (χ0v) is 11.7. The molecule has 1 heterocycles. The van der Waals surface area contributed by atoms with E-state index < -0.39 is 0 Å². The van der Waals surface area contributed by atoms with Crippen LogP contribution in [0.3, 0.4) is 0 Å². The first-order valence-corrected chi connectivity index (χ1v) is 6.67. The Bertz CT molecular complexity index is 772. The molecule has 0 spiro atoms. The monoisotopic (exact) mass is 280 g/mol. The highest BCUT2D eigenvalue weighted by molar-refractivity contribution is 5.78. The van der Waals surface area contributed by atoms with Gasteiger partial charge in [-0.05, 0) is 24.3 Å². The summed E-state index contributed by atoms with van der Waals surface area (Å²) in [5, 5.41) is 1.12. The summed E-state index contributed by atoms with van der Waals surface area (Å²) in [6.07, 6.45) is 0. The van der Waals surface area contributed by atoms with E-state index in [1.807, 2.05) is 42.5 Å². The third-order valence-corrected chi connectivity index (χ3v) is 3.25. The molecule has 0 bridgehead atoms. The molecule has 0 saturated heterocycles. The lowest BCUT2D eigenvalue weighted by atomic mass is 10.2. The molecule has 0 aliphatic carbocycles. The van der Waals surface area contributed by atoms with Crippen LogP contribution in [0.1, 0.15) is 5.69 Å². The molecule has 0 fully saturated rings. The predicted octanol–water partition coefficient (Wildman–Crippen LogP) is 3.40. The first kappa shape index (κ1) is 13.2. The van der Waals surface area contributed by atoms with Crippen LogP contribution < -0.4 is 15.2 Å². The van der Waals surface area contributed by atoms with Crippen LogP contribution in [-0.2, 0) is 6.61 Å². The number of anilines is 1. The van der Waals surface area contributed by atoms with Crippen molar-refractivity contribution in [1.82, 2.24) is 4.98 Å². The number of ether oxygens (including phenoxy) is 2. The average molecular weight is 280 g/mol. The van der Waals surface area contributed by atoms with Crippen molar-refractivity contribution in [3.05, 3.63) is 60.3 Å². The number of nitrogens with two attached hydrogens (primary N) is 1. The van der Waals surface area contributed by atoms with Crippen molar-refractivity contribution in [2.75, 3.05) is 12.8 Å². The molecule has 2 aromatic carbocycles. The molecule has 3 rings (SSSR count). The van der Waals surface area contributed by atoms with E-state index in [0.29, 0.717) is 23.8 Å². The number of aromatic nitrogens is 1. The van der Waals surface area contributed by atoms with E-state index in [4.69, 9.17) is 15.2 Å². The van der Waals surface area contributed by atoms with Gasteiger partial charge in [-0.25, -0.2) is 4.98 Å². The summed E-state index contributed by atoms with van der Waals surface area (Å²) >= 11 is 0. The van der Waals surface area contributed by atoms with Gasteiger partial charge in [0.25, 0.3) is 0 Å². The Morgan fingerprint density at radius 2 is 1.90 bits per heavy atom. The number of fused-ring (bicyclic) bond motifs is 1. The number of nitrogens with zero attached hydrogens (tertiary/aromatic N) is 1. The maximum Gasteiger partial charge on any atom is 0.143 e. The molecular weight excluding hydrogens is 264 g/mol. The van der Waals surface area contributed by atoms with Gasteiger partial charge in [0.2, 0.25) is 0 Å². The highest BCUT2D eigenvalue weighted by atomic mass is 16.5. The molecule has 1 aromatic heterocycles. The molecule has 0 saturated carbocycles. The highest BCUT2D eigenvalue weighted by Gasteiger charge is 2.04. The molecule has 2 N–H and O–H groups in total. The van der Waals surface area contributed by atoms with Crippen LogP contribution in [0.5, 0.6) is 11.5 Å². The Labute approximate surface area is 123 Å². The second-order valence-corrected chi connectivity index (χ2v) is 4.69. The van der Waals surface area contributed by atoms with E-state index in [1.165, 1.54) is 0 Å². The number of rotatable bonds is 4. The minimum atomic E-state index is 0.376. The van der Waals surface area contributed by atoms with Gasteiger partial charge in [-0.2, -0.15) is 0 Å². The molecular formula is C17H16N2O2. The molecule has 0 aliphatic heterocycles. The Morgan fingerprint density at radius 3 is 2.71 bits per heavy atom. The van der Waals surface area contributed by atoms with Crippen molar-refractivity contribution in [2.24, 2.45) is 0 Å². The van der Waals surface area contributed by atoms with Gasteiger partial charge in [0.15, 0.2) is 0 Å². The van der Waals surface area contributed by atoms with Gasteiger partial charge in [-0.3, -0.25) is 0 Å². The molecule has 21 heavy (non-hydrogen) atoms. The van der Waals surface area contributed by atoms with Gasteiger partial charge in [-0.15, -0.1) is 0 Å². The van der Waals surface area contributed by atoms with Crippen molar-refractivity contribution in [3.63, 3.8) is 0 Å². The van der Waals surface area contributed by atoms with Crippen LogP contribution in [0.2, 0.25) is 0 Å². The second kappa shape index (κ2) is 5.71. The van der Waals surface area contributed by atoms with Gasteiger partial charge in [0.1, 0.15) is 18.1 Å². The van der Waals surface area contributed by atoms with Crippen molar-refractivity contribution < 1.29 is 9.47 Å². The van der Waals surface area contributed by atoms with Crippen LogP contribution in [0, 0.1) is 0 Å². The number of benzene rings is 2. The maximum absolute atomic E-state index is 5.93. The largest absolute Gasteiger partial charge is 0.497 e. The molecule has 0 unspecified atom stereocenters. The number of pyridine rings is 1. The van der Waals surface area contributed by atoms with Gasteiger partial charge in [0.05, 0.1) is 24.0 Å². The van der Waals surface area contributed by atoms with E-state index in [1.54, 1.807) is 19.2 Å². The number of nitrogen functional groups attached to an aromatic ring is 1. The third kappa shape index (κ3) is 2.89. The second-order valence-electron chi connectivity index (χ2n) is 4.69. The predicted molar refractivity (Wildman–Crippen MR) is 83.5 cm³/mol. The Morgan fingerprint density at radius 1 is 1.05 bits per heavy atom. The third-order valence-electron chi connectivity index (χ3n) is 3.25. The van der Waals surface area contributed by atoms with Crippen LogP contribution >= 0.6 is 0 Å². The van der Waals surface area contributed by atoms with E-state index in [0.717, 1.165) is 16.6 Å². The van der Waals surface area contributed by atoms with E-state index in [-0.39, 0.29) is 0 Å². The summed E-state index contributed by atoms with van der Waals surface area (Å²) in [6, 6.07) is 17.4. The van der Waals surface area contributed by atoms with E-state index in [2.05, 4.69) is 4.98 Å². The fourth-order valence-corrected chi connectivity index (χ4v) is 2.13. The number of methoxy groups -OCH3 is 1. The van der Waals surface area contributed by atoms with Crippen molar-refractivity contribution in [1.29, 1.82) is 0 Å². The zero-order chi connectivity index (χ0) is 14.7. The Hall–Kier alpha value is -2.75. The van der Waals surface area contributed by atoms with E-state index in [9.17, 15) is 0 Å². The molecule has 3 aromatic rings. The smallest absolute Gasteiger partial charge is 0.143 e. The lowest BCUT2D eigenvalue weighted by Crippen LogP contribution is -2.01. The minimum absolute atomic E-state index is 0.376. The van der Waals surface area contributed by atoms with Crippen LogP contribution in [0.15, 0.2) is 54.6 Å². The maximum atomic E-state index is 5.93. The van der Waals surface area contributed by atoms with Crippen molar-refractivity contribution in [3.8, 4) is 11.5 Å². The first-order valence-electron chi connectivity index (χ1n) is 6.67. The lowest BCUT2D eigenvalue weighted by Gasteiger charge is -2.10. The fourth-order valence-electron chi connectivity index (χ4n) is 2.13. The molecule has 0 radical (unpaired) electrons. The van der Waals surface area contributed by atoms with Crippen LogP contribution in [0.25, 0.3) is 10.9 Å². The standard InChI is InChI=1S/C17H16N2O2/c1-20-14-8-9-17(15(18)10-14)21-11-13-7-6-12-4-2-3-5-16(12)19-13/h2-10H,11,18H2,1H3. The molecule has 4 nitrogen and oxygen atoms in total. The summed E-state index contributed by atoms with van der Waals surface area (Å²) in [6.45, 7) is 0.376. The summed E-state index contributed by atoms with van der Waals surface area (Å²) in [5.41, 5.74) is 8.30. The fraction of sp³-hybridized carbons (Fsp3) is 0.118. The summed E-state index contributed by atoms with van der Waals surface area (Å²) in [4.78, 5) is 4.56. The topological polar surface area (TPSA) is 57.4 Å². The van der Waals surface area contributed by atoms with Gasteiger partial charge >= 0.3 is 0 Å². The summed E-state index contributed by atoms with van der Waals surface area (Å²) < 4.78 is 10.8. The number of hydrogen-bond acceptors (Lipinski definition) is 4. The average Bonchev–Trinajstić information content (AvgIpc) is 2.53. The minimum Gasteiger partial charge on any atom is -0.497 e. The number of para-hydroxylation sites is 1. The normalized spacial score (nSPS) is 10.5. The molecule has 106 valence electrons. The van der Waals surface area contributed by atoms with Gasteiger partial charge < -0.3 is 15.2 Å². The van der Waals surface area contributed by atoms with Gasteiger partial charge in [0, 0.05) is 11.5 Å². The first-order chi connectivity index (χ1) is 10.3. The van der Waals surface area contributed by atoms with Crippen LogP contribution in [-0.4, -0.2) is 12.1 Å². The molecule has 0 amide bonds. The highest BCUT2D eigenvalue weighted by Crippen LogP contribution is 2.27. The van der Waals surface area contributed by atoms with Gasteiger partial charge in [-0.1, -0.05) is 24.3 Å². The SMILES string of the molecule is COc1ccc(OCc2ccc3ccccc3n2)c(N)c1. The summed E-state index contributed by atoms with van der Waals surface area (Å²) in [7, 11) is 1.61. The zero-order valence-electron chi connectivity index (χ0n) is 11.7. The number of hydrogen-bond donors (Lipinski definition) is 1. The quantitative estimate of drug-likeness (QED) is 0.744. The lowest BCUT2D eigenvalue weighted by molar-refractivity contribution is 0.303. The summed E-state index contributed by atoms with van der Waals surface area (Å²) in [5.74, 6) is 1.34. The van der Waals surface area contributed by atoms with Crippen molar-refractivity contribution >= 4 is 16.6 Å². The van der Waals surface area contributed by atoms with E-state index >= 15 is 0 Å². The molecule has 0 atom stereocenters. The Kier molecular flexibility index (Phi) is 3.60. The Balaban J connectivity index is 1.77.